The fourth-order valence-corrected chi connectivity index (χ4v) is 2.58. The molecule has 0 aliphatic carbocycles. The lowest BCUT2D eigenvalue weighted by Crippen LogP contribution is -2.36. The Labute approximate surface area is 116 Å². The second-order valence-electron chi connectivity index (χ2n) is 4.87. The van der Waals surface area contributed by atoms with E-state index in [4.69, 9.17) is 5.11 Å². The van der Waals surface area contributed by atoms with Crippen LogP contribution >= 0.6 is 0 Å². The first-order chi connectivity index (χ1) is 9.46. The highest BCUT2D eigenvalue weighted by molar-refractivity contribution is 6.24. The largest absolute Gasteiger partial charge is 0.476 e. The van der Waals surface area contributed by atoms with Crippen molar-refractivity contribution in [3.8, 4) is 0 Å². The van der Waals surface area contributed by atoms with E-state index in [1.807, 2.05) is 13.8 Å². The fourth-order valence-electron chi connectivity index (χ4n) is 2.58. The predicted molar refractivity (Wildman–Crippen MR) is 71.3 cm³/mol. The molecule has 1 aromatic heterocycles. The van der Waals surface area contributed by atoms with Crippen LogP contribution in [-0.2, 0) is 9.59 Å². The van der Waals surface area contributed by atoms with Crippen LogP contribution in [-0.4, -0.2) is 27.9 Å². The van der Waals surface area contributed by atoms with Gasteiger partial charge in [-0.2, -0.15) is 0 Å². The van der Waals surface area contributed by atoms with E-state index in [9.17, 15) is 14.4 Å². The molecule has 1 aliphatic heterocycles. The van der Waals surface area contributed by atoms with Crippen LogP contribution in [0.2, 0.25) is 0 Å². The maximum Gasteiger partial charge on any atom is 0.356 e. The van der Waals surface area contributed by atoms with Crippen LogP contribution in [0.4, 0.5) is 5.69 Å². The third kappa shape index (κ3) is 1.97. The Kier molecular flexibility index (Phi) is 3.57. The molecule has 1 N–H and O–H groups in total. The number of aromatic nitrogens is 1. The third-order valence-corrected chi connectivity index (χ3v) is 3.98. The first-order valence-electron chi connectivity index (χ1n) is 6.52. The topological polar surface area (TPSA) is 87.6 Å². The zero-order valence-corrected chi connectivity index (χ0v) is 11.4. The molecule has 0 aromatic carbocycles. The SMILES string of the molecule is CCC1(CC)CC(=O)N(c2cccnc2C(=O)O)C1=O. The van der Waals surface area contributed by atoms with Gasteiger partial charge in [0.1, 0.15) is 0 Å². The first-order valence-corrected chi connectivity index (χ1v) is 6.52. The van der Waals surface area contributed by atoms with Crippen molar-refractivity contribution < 1.29 is 19.5 Å². The maximum atomic E-state index is 12.6. The van der Waals surface area contributed by atoms with Gasteiger partial charge < -0.3 is 5.11 Å². The number of anilines is 1. The summed E-state index contributed by atoms with van der Waals surface area (Å²) in [6.45, 7) is 3.72. The second-order valence-corrected chi connectivity index (χ2v) is 4.87. The van der Waals surface area contributed by atoms with Crippen molar-refractivity contribution in [3.63, 3.8) is 0 Å². The molecule has 0 bridgehead atoms. The number of imide groups is 1. The monoisotopic (exact) mass is 276 g/mol. The lowest BCUT2D eigenvalue weighted by Gasteiger charge is -2.23. The van der Waals surface area contributed by atoms with E-state index in [2.05, 4.69) is 4.98 Å². The quantitative estimate of drug-likeness (QED) is 0.848. The van der Waals surface area contributed by atoms with E-state index < -0.39 is 11.4 Å². The molecule has 0 saturated carbocycles. The zero-order valence-electron chi connectivity index (χ0n) is 11.4. The van der Waals surface area contributed by atoms with E-state index in [1.165, 1.54) is 18.3 Å². The summed E-state index contributed by atoms with van der Waals surface area (Å²) < 4.78 is 0. The Morgan fingerprint density at radius 2 is 2.05 bits per heavy atom. The third-order valence-electron chi connectivity index (χ3n) is 3.98. The Bertz CT molecular complexity index is 578. The number of aromatic carboxylic acids is 1. The number of carboxylic acids is 1. The number of carbonyl (C=O) groups is 3. The van der Waals surface area contributed by atoms with Gasteiger partial charge in [0.25, 0.3) is 0 Å². The molecule has 1 aromatic rings. The Hall–Kier alpha value is -2.24. The van der Waals surface area contributed by atoms with Gasteiger partial charge in [0, 0.05) is 12.6 Å². The highest BCUT2D eigenvalue weighted by Gasteiger charge is 2.50. The summed E-state index contributed by atoms with van der Waals surface area (Å²) >= 11 is 0. The molecule has 0 atom stereocenters. The highest BCUT2D eigenvalue weighted by atomic mass is 16.4. The summed E-state index contributed by atoms with van der Waals surface area (Å²) in [5.74, 6) is -1.95. The van der Waals surface area contributed by atoms with Gasteiger partial charge in [-0.25, -0.2) is 14.7 Å². The van der Waals surface area contributed by atoms with Crippen LogP contribution in [0.3, 0.4) is 0 Å². The van der Waals surface area contributed by atoms with Crippen LogP contribution < -0.4 is 4.90 Å². The molecular formula is C14H16N2O4. The van der Waals surface area contributed by atoms with Crippen LogP contribution in [0.5, 0.6) is 0 Å². The van der Waals surface area contributed by atoms with Crippen molar-refractivity contribution in [2.24, 2.45) is 5.41 Å². The number of hydrogen-bond acceptors (Lipinski definition) is 4. The first kappa shape index (κ1) is 14.2. The molecule has 0 spiro atoms. The van der Waals surface area contributed by atoms with Gasteiger partial charge >= 0.3 is 5.97 Å². The van der Waals surface area contributed by atoms with Crippen molar-refractivity contribution in [1.29, 1.82) is 0 Å². The summed E-state index contributed by atoms with van der Waals surface area (Å²) in [6, 6.07) is 2.95. The van der Waals surface area contributed by atoms with E-state index >= 15 is 0 Å². The minimum atomic E-state index is -1.26. The van der Waals surface area contributed by atoms with Gasteiger partial charge in [-0.1, -0.05) is 13.8 Å². The number of nitrogens with zero attached hydrogens (tertiary/aromatic N) is 2. The average molecular weight is 276 g/mol. The molecule has 20 heavy (non-hydrogen) atoms. The number of carbonyl (C=O) groups excluding carboxylic acids is 2. The molecular weight excluding hydrogens is 260 g/mol. The molecule has 1 saturated heterocycles. The molecule has 2 amide bonds. The molecule has 2 rings (SSSR count). The summed E-state index contributed by atoms with van der Waals surface area (Å²) in [5, 5.41) is 9.13. The molecule has 106 valence electrons. The van der Waals surface area contributed by atoms with Gasteiger partial charge in [-0.05, 0) is 25.0 Å². The van der Waals surface area contributed by atoms with Gasteiger partial charge in [-0.15, -0.1) is 0 Å². The van der Waals surface area contributed by atoms with Crippen LogP contribution in [0.25, 0.3) is 0 Å². The number of pyridine rings is 1. The number of carboxylic acid groups (broad SMARTS) is 1. The number of rotatable bonds is 4. The van der Waals surface area contributed by atoms with Crippen molar-refractivity contribution in [3.05, 3.63) is 24.0 Å². The van der Waals surface area contributed by atoms with Crippen molar-refractivity contribution in [2.45, 2.75) is 33.1 Å². The number of hydrogen-bond donors (Lipinski definition) is 1. The summed E-state index contributed by atoms with van der Waals surface area (Å²) in [7, 11) is 0. The molecule has 1 fully saturated rings. The van der Waals surface area contributed by atoms with Crippen molar-refractivity contribution in [2.75, 3.05) is 4.90 Å². The lowest BCUT2D eigenvalue weighted by molar-refractivity contribution is -0.126. The minimum absolute atomic E-state index is 0.0544. The minimum Gasteiger partial charge on any atom is -0.476 e. The van der Waals surface area contributed by atoms with E-state index in [-0.39, 0.29) is 29.6 Å². The maximum absolute atomic E-state index is 12.6. The van der Waals surface area contributed by atoms with Gasteiger partial charge in [0.15, 0.2) is 5.69 Å². The van der Waals surface area contributed by atoms with Crippen LogP contribution in [0.1, 0.15) is 43.6 Å². The van der Waals surface area contributed by atoms with Gasteiger partial charge in [-0.3, -0.25) is 9.59 Å². The average Bonchev–Trinajstić information content (AvgIpc) is 2.70. The summed E-state index contributed by atoms with van der Waals surface area (Å²) in [5.41, 5.74) is -0.945. The zero-order chi connectivity index (χ0) is 14.9. The van der Waals surface area contributed by atoms with E-state index in [0.717, 1.165) is 4.90 Å². The molecule has 0 radical (unpaired) electrons. The normalized spacial score (nSPS) is 17.6. The van der Waals surface area contributed by atoms with Crippen molar-refractivity contribution in [1.82, 2.24) is 4.98 Å². The summed E-state index contributed by atoms with van der Waals surface area (Å²) in [4.78, 5) is 40.6. The van der Waals surface area contributed by atoms with E-state index in [1.54, 1.807) is 0 Å². The molecule has 6 nitrogen and oxygen atoms in total. The smallest absolute Gasteiger partial charge is 0.356 e. The molecule has 6 heteroatoms. The second kappa shape index (κ2) is 5.03. The van der Waals surface area contributed by atoms with E-state index in [0.29, 0.717) is 12.8 Å². The predicted octanol–water partition coefficient (Wildman–Crippen LogP) is 1.85. The van der Waals surface area contributed by atoms with Crippen LogP contribution in [0, 0.1) is 5.41 Å². The number of amides is 2. The van der Waals surface area contributed by atoms with Crippen molar-refractivity contribution >= 4 is 23.5 Å². The standard InChI is InChI=1S/C14H16N2O4/c1-3-14(4-2)8-10(17)16(13(14)20)9-6-5-7-15-11(9)12(18)19/h5-7H,3-4,8H2,1-2H3,(H,18,19). The molecule has 0 unspecified atom stereocenters. The highest BCUT2D eigenvalue weighted by Crippen LogP contribution is 2.41. The Morgan fingerprint density at radius 1 is 1.40 bits per heavy atom. The van der Waals surface area contributed by atoms with Crippen LogP contribution in [0.15, 0.2) is 18.3 Å². The van der Waals surface area contributed by atoms with Gasteiger partial charge in [0.2, 0.25) is 11.8 Å². The molecule has 2 heterocycles. The lowest BCUT2D eigenvalue weighted by atomic mass is 9.81. The fraction of sp³-hybridized carbons (Fsp3) is 0.429. The molecule has 1 aliphatic rings. The Balaban J connectivity index is 2.52. The Morgan fingerprint density at radius 3 is 2.55 bits per heavy atom. The summed E-state index contributed by atoms with van der Waals surface area (Å²) in [6.07, 6.45) is 2.54. The van der Waals surface area contributed by atoms with Gasteiger partial charge in [0.05, 0.1) is 11.1 Å².